The fraction of sp³-hybridized carbons (Fsp3) is 0.316. The summed E-state index contributed by atoms with van der Waals surface area (Å²) in [5, 5.41) is -0.118. The average molecular weight is 344 g/mol. The number of carbonyl (C=O) groups excluding carboxylic acids is 1. The highest BCUT2D eigenvalue weighted by Gasteiger charge is 2.26. The summed E-state index contributed by atoms with van der Waals surface area (Å²) in [7, 11) is 0. The smallest absolute Gasteiger partial charge is 0.235 e. The summed E-state index contributed by atoms with van der Waals surface area (Å²) in [6.45, 7) is 4.54. The van der Waals surface area contributed by atoms with E-state index in [-0.39, 0.29) is 17.0 Å². The molecule has 0 aliphatic carbocycles. The molecule has 2 aromatic carbocycles. The van der Waals surface area contributed by atoms with Gasteiger partial charge in [-0.25, -0.2) is 4.39 Å². The zero-order valence-electron chi connectivity index (χ0n) is 13.7. The Morgan fingerprint density at radius 1 is 1.00 bits per heavy atom. The zero-order chi connectivity index (χ0) is 16.9. The number of anilines is 1. The van der Waals surface area contributed by atoms with E-state index >= 15 is 0 Å². The summed E-state index contributed by atoms with van der Waals surface area (Å²) < 4.78 is 13.9. The van der Waals surface area contributed by atoms with Crippen molar-refractivity contribution in [3.05, 3.63) is 60.4 Å². The van der Waals surface area contributed by atoms with Crippen LogP contribution in [0.3, 0.4) is 0 Å². The van der Waals surface area contributed by atoms with Crippen molar-refractivity contribution < 1.29 is 9.18 Å². The van der Waals surface area contributed by atoms with Gasteiger partial charge in [0.1, 0.15) is 5.82 Å². The third-order valence-electron chi connectivity index (χ3n) is 4.19. The Balaban J connectivity index is 1.56. The van der Waals surface area contributed by atoms with Gasteiger partial charge in [-0.1, -0.05) is 30.3 Å². The number of nitrogens with zero attached hydrogens (tertiary/aromatic N) is 2. The minimum absolute atomic E-state index is 0.118. The predicted octanol–water partition coefficient (Wildman–Crippen LogP) is 3.66. The van der Waals surface area contributed by atoms with Crippen LogP contribution in [0.5, 0.6) is 0 Å². The van der Waals surface area contributed by atoms with Crippen LogP contribution in [0.2, 0.25) is 0 Å². The molecule has 3 rings (SSSR count). The molecule has 0 N–H and O–H groups in total. The lowest BCUT2D eigenvalue weighted by molar-refractivity contribution is -0.130. The minimum Gasteiger partial charge on any atom is -0.366 e. The molecule has 2 aromatic rings. The minimum atomic E-state index is -0.203. The fourth-order valence-corrected chi connectivity index (χ4v) is 3.86. The first kappa shape index (κ1) is 16.8. The van der Waals surface area contributed by atoms with E-state index in [9.17, 15) is 9.18 Å². The SMILES string of the molecule is C[C@@H](Sc1ccccc1)C(=O)N1CCN(c2ccccc2F)CC1. The van der Waals surface area contributed by atoms with Crippen molar-refractivity contribution in [1.82, 2.24) is 4.90 Å². The number of hydrogen-bond donors (Lipinski definition) is 0. The van der Waals surface area contributed by atoms with Crippen molar-refractivity contribution in [2.24, 2.45) is 0 Å². The second kappa shape index (κ2) is 7.71. The third kappa shape index (κ3) is 3.90. The highest BCUT2D eigenvalue weighted by Crippen LogP contribution is 2.25. The molecule has 0 unspecified atom stereocenters. The van der Waals surface area contributed by atoms with Crippen LogP contribution in [0.25, 0.3) is 0 Å². The first-order chi connectivity index (χ1) is 11.6. The van der Waals surface area contributed by atoms with Gasteiger partial charge in [0, 0.05) is 31.1 Å². The molecule has 1 amide bonds. The molecule has 1 atom stereocenters. The molecule has 0 aromatic heterocycles. The number of piperazine rings is 1. The normalized spacial score (nSPS) is 16.1. The van der Waals surface area contributed by atoms with Crippen LogP contribution in [0.1, 0.15) is 6.92 Å². The molecule has 0 bridgehead atoms. The number of para-hydroxylation sites is 1. The lowest BCUT2D eigenvalue weighted by Crippen LogP contribution is -2.50. The Bertz CT molecular complexity index is 687. The van der Waals surface area contributed by atoms with Crippen molar-refractivity contribution in [2.45, 2.75) is 17.1 Å². The molecule has 24 heavy (non-hydrogen) atoms. The lowest BCUT2D eigenvalue weighted by atomic mass is 10.2. The molecule has 0 spiro atoms. The van der Waals surface area contributed by atoms with Gasteiger partial charge >= 0.3 is 0 Å². The van der Waals surface area contributed by atoms with E-state index < -0.39 is 0 Å². The maximum Gasteiger partial charge on any atom is 0.235 e. The van der Waals surface area contributed by atoms with Crippen LogP contribution < -0.4 is 4.90 Å². The molecule has 3 nitrogen and oxygen atoms in total. The van der Waals surface area contributed by atoms with E-state index in [1.165, 1.54) is 6.07 Å². The van der Waals surface area contributed by atoms with Gasteiger partial charge in [-0.05, 0) is 31.2 Å². The molecular formula is C19H21FN2OS. The van der Waals surface area contributed by atoms with Crippen LogP contribution in [-0.4, -0.2) is 42.2 Å². The number of hydrogen-bond acceptors (Lipinski definition) is 3. The monoisotopic (exact) mass is 344 g/mol. The molecule has 0 radical (unpaired) electrons. The number of benzene rings is 2. The van der Waals surface area contributed by atoms with Crippen LogP contribution in [0, 0.1) is 5.82 Å². The Morgan fingerprint density at radius 3 is 2.29 bits per heavy atom. The first-order valence-corrected chi connectivity index (χ1v) is 9.03. The third-order valence-corrected chi connectivity index (χ3v) is 5.29. The summed E-state index contributed by atoms with van der Waals surface area (Å²) in [5.74, 6) is -0.0534. The summed E-state index contributed by atoms with van der Waals surface area (Å²) >= 11 is 1.58. The van der Waals surface area contributed by atoms with Crippen LogP contribution >= 0.6 is 11.8 Å². The maximum atomic E-state index is 13.9. The largest absolute Gasteiger partial charge is 0.366 e. The van der Waals surface area contributed by atoms with Gasteiger partial charge < -0.3 is 9.80 Å². The van der Waals surface area contributed by atoms with E-state index in [4.69, 9.17) is 0 Å². The maximum absolute atomic E-state index is 13.9. The molecule has 0 saturated carbocycles. The summed E-state index contributed by atoms with van der Waals surface area (Å²) in [4.78, 5) is 17.6. The molecule has 1 aliphatic heterocycles. The van der Waals surface area contributed by atoms with E-state index in [1.807, 2.05) is 53.1 Å². The topological polar surface area (TPSA) is 23.6 Å². The van der Waals surface area contributed by atoms with Gasteiger partial charge in [0.05, 0.1) is 10.9 Å². The quantitative estimate of drug-likeness (QED) is 0.791. The van der Waals surface area contributed by atoms with Crippen molar-refractivity contribution in [3.63, 3.8) is 0 Å². The average Bonchev–Trinajstić information content (AvgIpc) is 2.62. The second-order valence-electron chi connectivity index (χ2n) is 5.84. The summed E-state index contributed by atoms with van der Waals surface area (Å²) in [6.07, 6.45) is 0. The molecule has 5 heteroatoms. The number of carbonyl (C=O) groups is 1. The number of thioether (sulfide) groups is 1. The van der Waals surface area contributed by atoms with Gasteiger partial charge in [-0.3, -0.25) is 4.79 Å². The molecule has 1 fully saturated rings. The van der Waals surface area contributed by atoms with Crippen molar-refractivity contribution in [3.8, 4) is 0 Å². The summed E-state index contributed by atoms with van der Waals surface area (Å²) in [6, 6.07) is 16.8. The van der Waals surface area contributed by atoms with E-state index in [1.54, 1.807) is 23.9 Å². The standard InChI is InChI=1S/C19H21FN2OS/c1-15(24-16-7-3-2-4-8-16)19(23)22-13-11-21(12-14-22)18-10-6-5-9-17(18)20/h2-10,15H,11-14H2,1H3/t15-/m1/s1. The Labute approximate surface area is 146 Å². The number of halogens is 1. The van der Waals surface area contributed by atoms with Crippen LogP contribution in [-0.2, 0) is 4.79 Å². The number of rotatable bonds is 4. The molecule has 126 valence electrons. The van der Waals surface area contributed by atoms with Gasteiger partial charge in [0.15, 0.2) is 0 Å². The molecule has 1 heterocycles. The Kier molecular flexibility index (Phi) is 5.41. The Hall–Kier alpha value is -2.01. The predicted molar refractivity (Wildman–Crippen MR) is 97.0 cm³/mol. The van der Waals surface area contributed by atoms with Gasteiger partial charge in [-0.15, -0.1) is 11.8 Å². The number of amides is 1. The highest BCUT2D eigenvalue weighted by molar-refractivity contribution is 8.00. The molecule has 1 aliphatic rings. The zero-order valence-corrected chi connectivity index (χ0v) is 14.5. The van der Waals surface area contributed by atoms with E-state index in [0.717, 1.165) is 4.90 Å². The van der Waals surface area contributed by atoms with Crippen molar-refractivity contribution in [2.75, 3.05) is 31.1 Å². The first-order valence-electron chi connectivity index (χ1n) is 8.15. The van der Waals surface area contributed by atoms with Crippen LogP contribution in [0.4, 0.5) is 10.1 Å². The van der Waals surface area contributed by atoms with Crippen molar-refractivity contribution >= 4 is 23.4 Å². The highest BCUT2D eigenvalue weighted by atomic mass is 32.2. The van der Waals surface area contributed by atoms with Gasteiger partial charge in [0.2, 0.25) is 5.91 Å². The van der Waals surface area contributed by atoms with E-state index in [0.29, 0.717) is 31.9 Å². The van der Waals surface area contributed by atoms with Crippen LogP contribution in [0.15, 0.2) is 59.5 Å². The second-order valence-corrected chi connectivity index (χ2v) is 7.25. The molecule has 1 saturated heterocycles. The fourth-order valence-electron chi connectivity index (χ4n) is 2.89. The summed E-state index contributed by atoms with van der Waals surface area (Å²) in [5.41, 5.74) is 0.622. The Morgan fingerprint density at radius 2 is 1.62 bits per heavy atom. The molecular weight excluding hydrogens is 323 g/mol. The van der Waals surface area contributed by atoms with Gasteiger partial charge in [0.25, 0.3) is 0 Å². The lowest BCUT2D eigenvalue weighted by Gasteiger charge is -2.37. The van der Waals surface area contributed by atoms with Crippen molar-refractivity contribution in [1.29, 1.82) is 0 Å². The van der Waals surface area contributed by atoms with E-state index in [2.05, 4.69) is 0 Å². The van der Waals surface area contributed by atoms with Gasteiger partial charge in [-0.2, -0.15) is 0 Å².